The molecule has 0 atom stereocenters. The summed E-state index contributed by atoms with van der Waals surface area (Å²) in [4.78, 5) is 10.8. The second-order valence-corrected chi connectivity index (χ2v) is 4.10. The number of ether oxygens (including phenoxy) is 1. The van der Waals surface area contributed by atoms with Crippen LogP contribution in [0.25, 0.3) is 0 Å². The number of carbonyl (C=O) groups is 1. The number of aliphatic carboxylic acids is 1. The van der Waals surface area contributed by atoms with Crippen molar-refractivity contribution < 1.29 is 14.6 Å². The van der Waals surface area contributed by atoms with Gasteiger partial charge in [0.2, 0.25) is 0 Å². The second kappa shape index (κ2) is 4.44. The van der Waals surface area contributed by atoms with E-state index in [1.165, 1.54) is 0 Å². The van der Waals surface area contributed by atoms with Gasteiger partial charge in [0, 0.05) is 13.1 Å². The first-order valence-electron chi connectivity index (χ1n) is 5.25. The van der Waals surface area contributed by atoms with Crippen LogP contribution >= 0.6 is 0 Å². The Morgan fingerprint density at radius 3 is 2.88 bits per heavy atom. The number of nitrogens with zero attached hydrogens (tertiary/aromatic N) is 1. The van der Waals surface area contributed by atoms with Crippen molar-refractivity contribution in [2.24, 2.45) is 0 Å². The molecule has 0 saturated carbocycles. The average Bonchev–Trinajstić information content (AvgIpc) is 2.26. The fourth-order valence-electron chi connectivity index (χ4n) is 1.79. The molecule has 1 aromatic rings. The number of carboxylic acid groups (broad SMARTS) is 1. The zero-order valence-electron chi connectivity index (χ0n) is 9.14. The molecule has 1 saturated heterocycles. The quantitative estimate of drug-likeness (QED) is 0.800. The normalized spacial score (nSPS) is 16.6. The van der Waals surface area contributed by atoms with Gasteiger partial charge in [-0.2, -0.15) is 5.26 Å². The Labute approximate surface area is 98.6 Å². The molecule has 0 amide bonds. The molecule has 0 radical (unpaired) electrons. The van der Waals surface area contributed by atoms with Gasteiger partial charge in [0.25, 0.3) is 0 Å². The highest BCUT2D eigenvalue weighted by atomic mass is 16.5. The number of benzene rings is 1. The van der Waals surface area contributed by atoms with Crippen LogP contribution in [-0.4, -0.2) is 29.8 Å². The molecule has 1 aromatic carbocycles. The van der Waals surface area contributed by atoms with Gasteiger partial charge in [-0.05, 0) is 18.2 Å². The second-order valence-electron chi connectivity index (χ2n) is 4.10. The Bertz CT molecular complexity index is 475. The highest BCUT2D eigenvalue weighted by Crippen LogP contribution is 2.25. The summed E-state index contributed by atoms with van der Waals surface area (Å²) in [5, 5.41) is 20.6. The van der Waals surface area contributed by atoms with Crippen LogP contribution in [0.3, 0.4) is 0 Å². The number of carboxylic acids is 1. The van der Waals surface area contributed by atoms with E-state index < -0.39 is 11.6 Å². The van der Waals surface area contributed by atoms with Crippen molar-refractivity contribution >= 4 is 5.97 Å². The fourth-order valence-corrected chi connectivity index (χ4v) is 1.79. The maximum absolute atomic E-state index is 10.8. The van der Waals surface area contributed by atoms with E-state index in [1.54, 1.807) is 24.3 Å². The third-order valence-corrected chi connectivity index (χ3v) is 2.67. The van der Waals surface area contributed by atoms with Crippen molar-refractivity contribution in [1.82, 2.24) is 5.32 Å². The number of nitrogens with one attached hydrogen (secondary N) is 1. The number of hydrogen-bond donors (Lipinski definition) is 2. The Morgan fingerprint density at radius 2 is 2.35 bits per heavy atom. The maximum atomic E-state index is 10.8. The Balaban J connectivity index is 2.13. The van der Waals surface area contributed by atoms with Crippen molar-refractivity contribution in [3.63, 3.8) is 0 Å². The molecule has 5 nitrogen and oxygen atoms in total. The lowest BCUT2D eigenvalue weighted by Gasteiger charge is -2.41. The topological polar surface area (TPSA) is 82.3 Å². The predicted molar refractivity (Wildman–Crippen MR) is 59.6 cm³/mol. The molecule has 1 aliphatic heterocycles. The van der Waals surface area contributed by atoms with E-state index in [-0.39, 0.29) is 6.42 Å². The molecule has 1 fully saturated rings. The Hall–Kier alpha value is -2.06. The zero-order chi connectivity index (χ0) is 12.3. The van der Waals surface area contributed by atoms with E-state index in [0.29, 0.717) is 24.4 Å². The Kier molecular flexibility index (Phi) is 2.98. The summed E-state index contributed by atoms with van der Waals surface area (Å²) in [6.07, 6.45) is -0.0449. The van der Waals surface area contributed by atoms with Crippen molar-refractivity contribution in [2.45, 2.75) is 12.0 Å². The van der Waals surface area contributed by atoms with Gasteiger partial charge >= 0.3 is 5.97 Å². The third-order valence-electron chi connectivity index (χ3n) is 2.67. The molecule has 0 aliphatic carbocycles. The molecule has 1 heterocycles. The minimum atomic E-state index is -0.886. The summed E-state index contributed by atoms with van der Waals surface area (Å²) in [5.74, 6) is -0.352. The van der Waals surface area contributed by atoms with E-state index in [1.807, 2.05) is 6.07 Å². The third kappa shape index (κ3) is 2.55. The highest BCUT2D eigenvalue weighted by Gasteiger charge is 2.41. The van der Waals surface area contributed by atoms with Crippen LogP contribution in [-0.2, 0) is 4.79 Å². The maximum Gasteiger partial charge on any atom is 0.307 e. The first-order chi connectivity index (χ1) is 8.13. The van der Waals surface area contributed by atoms with Gasteiger partial charge in [0.15, 0.2) is 0 Å². The minimum Gasteiger partial charge on any atom is -0.484 e. The van der Waals surface area contributed by atoms with Crippen molar-refractivity contribution in [2.75, 3.05) is 13.1 Å². The number of rotatable bonds is 4. The summed E-state index contributed by atoms with van der Waals surface area (Å²) < 4.78 is 5.70. The molecule has 5 heteroatoms. The van der Waals surface area contributed by atoms with Gasteiger partial charge in [-0.15, -0.1) is 0 Å². The smallest absolute Gasteiger partial charge is 0.307 e. The lowest BCUT2D eigenvalue weighted by Crippen LogP contribution is -2.64. The van der Waals surface area contributed by atoms with Gasteiger partial charge in [0.05, 0.1) is 18.1 Å². The van der Waals surface area contributed by atoms with Crippen LogP contribution in [0.1, 0.15) is 12.0 Å². The molecule has 17 heavy (non-hydrogen) atoms. The molecular formula is C12H12N2O3. The van der Waals surface area contributed by atoms with E-state index in [9.17, 15) is 4.79 Å². The standard InChI is InChI=1S/C12H12N2O3/c13-6-9-2-1-3-10(4-9)17-12(5-11(15)16)7-14-8-12/h1-4,14H,5,7-8H2,(H,15,16). The van der Waals surface area contributed by atoms with E-state index in [0.717, 1.165) is 0 Å². The summed E-state index contributed by atoms with van der Waals surface area (Å²) in [7, 11) is 0. The molecule has 2 rings (SSSR count). The van der Waals surface area contributed by atoms with Gasteiger partial charge in [-0.1, -0.05) is 6.07 Å². The zero-order valence-corrected chi connectivity index (χ0v) is 9.14. The first kappa shape index (κ1) is 11.4. The largest absolute Gasteiger partial charge is 0.484 e. The predicted octanol–water partition coefficient (Wildman–Crippen LogP) is 0.754. The lowest BCUT2D eigenvalue weighted by atomic mass is 9.92. The summed E-state index contributed by atoms with van der Waals surface area (Å²) in [5.41, 5.74) is -0.180. The molecule has 88 valence electrons. The van der Waals surface area contributed by atoms with Crippen LogP contribution < -0.4 is 10.1 Å². The van der Waals surface area contributed by atoms with Crippen molar-refractivity contribution in [1.29, 1.82) is 5.26 Å². The summed E-state index contributed by atoms with van der Waals surface area (Å²) in [6, 6.07) is 8.75. The average molecular weight is 232 g/mol. The SMILES string of the molecule is N#Cc1cccc(OC2(CC(=O)O)CNC2)c1. The molecule has 0 spiro atoms. The Morgan fingerprint density at radius 1 is 1.59 bits per heavy atom. The van der Waals surface area contributed by atoms with Gasteiger partial charge in [-0.25, -0.2) is 0 Å². The molecule has 1 aliphatic rings. The summed E-state index contributed by atoms with van der Waals surface area (Å²) >= 11 is 0. The molecular weight excluding hydrogens is 220 g/mol. The van der Waals surface area contributed by atoms with Crippen molar-refractivity contribution in [3.05, 3.63) is 29.8 Å². The number of nitriles is 1. The fraction of sp³-hybridized carbons (Fsp3) is 0.333. The first-order valence-corrected chi connectivity index (χ1v) is 5.25. The number of hydrogen-bond acceptors (Lipinski definition) is 4. The van der Waals surface area contributed by atoms with Crippen LogP contribution in [0.2, 0.25) is 0 Å². The van der Waals surface area contributed by atoms with Crippen LogP contribution in [0.15, 0.2) is 24.3 Å². The van der Waals surface area contributed by atoms with Crippen LogP contribution in [0.4, 0.5) is 0 Å². The van der Waals surface area contributed by atoms with E-state index in [2.05, 4.69) is 5.32 Å². The molecule has 0 aromatic heterocycles. The lowest BCUT2D eigenvalue weighted by molar-refractivity contribution is -0.143. The minimum absolute atomic E-state index is 0.0449. The highest BCUT2D eigenvalue weighted by molar-refractivity contribution is 5.68. The summed E-state index contributed by atoms with van der Waals surface area (Å²) in [6.45, 7) is 1.02. The monoisotopic (exact) mass is 232 g/mol. The molecule has 0 unspecified atom stereocenters. The van der Waals surface area contributed by atoms with Gasteiger partial charge in [0.1, 0.15) is 11.4 Å². The van der Waals surface area contributed by atoms with Gasteiger partial charge < -0.3 is 15.2 Å². The van der Waals surface area contributed by atoms with E-state index >= 15 is 0 Å². The van der Waals surface area contributed by atoms with E-state index in [4.69, 9.17) is 15.1 Å². The molecule has 0 bridgehead atoms. The van der Waals surface area contributed by atoms with Crippen molar-refractivity contribution in [3.8, 4) is 11.8 Å². The van der Waals surface area contributed by atoms with Crippen LogP contribution in [0.5, 0.6) is 5.75 Å². The van der Waals surface area contributed by atoms with Crippen LogP contribution in [0, 0.1) is 11.3 Å². The molecule has 2 N–H and O–H groups in total. The van der Waals surface area contributed by atoms with Gasteiger partial charge in [-0.3, -0.25) is 4.79 Å².